The van der Waals surface area contributed by atoms with Gasteiger partial charge >= 0.3 is 0 Å². The molecule has 2 aromatic carbocycles. The lowest BCUT2D eigenvalue weighted by Crippen LogP contribution is -2.41. The number of hydrogen-bond donors (Lipinski definition) is 0. The zero-order chi connectivity index (χ0) is 17.3. The van der Waals surface area contributed by atoms with E-state index in [0.29, 0.717) is 0 Å². The highest BCUT2D eigenvalue weighted by atomic mass is 19.1. The molecule has 0 bridgehead atoms. The van der Waals surface area contributed by atoms with E-state index < -0.39 is 0 Å². The van der Waals surface area contributed by atoms with E-state index >= 15 is 0 Å². The summed E-state index contributed by atoms with van der Waals surface area (Å²) in [6, 6.07) is 16.8. The zero-order valence-electron chi connectivity index (χ0n) is 14.3. The third-order valence-electron chi connectivity index (χ3n) is 5.46. The monoisotopic (exact) mass is 338 g/mol. The Kier molecular flexibility index (Phi) is 4.20. The van der Waals surface area contributed by atoms with Gasteiger partial charge in [-0.3, -0.25) is 4.79 Å². The van der Waals surface area contributed by atoms with Crippen molar-refractivity contribution in [1.82, 2.24) is 4.90 Å². The van der Waals surface area contributed by atoms with Crippen LogP contribution in [0.25, 0.3) is 0 Å². The largest absolute Gasteiger partial charge is 0.370 e. The highest BCUT2D eigenvalue weighted by Crippen LogP contribution is 2.49. The van der Waals surface area contributed by atoms with Crippen LogP contribution < -0.4 is 4.90 Å². The molecule has 0 unspecified atom stereocenters. The summed E-state index contributed by atoms with van der Waals surface area (Å²) >= 11 is 0. The smallest absolute Gasteiger partial charge is 0.233 e. The van der Waals surface area contributed by atoms with Crippen LogP contribution in [-0.2, 0) is 10.2 Å². The number of carbonyl (C=O) groups excluding carboxylic acids is 1. The van der Waals surface area contributed by atoms with Gasteiger partial charge in [-0.25, -0.2) is 4.39 Å². The van der Waals surface area contributed by atoms with Crippen LogP contribution in [0.5, 0.6) is 0 Å². The molecule has 0 radical (unpaired) electrons. The van der Waals surface area contributed by atoms with E-state index in [1.807, 2.05) is 35.2 Å². The topological polar surface area (TPSA) is 23.6 Å². The fourth-order valence-corrected chi connectivity index (χ4v) is 3.84. The van der Waals surface area contributed by atoms with E-state index in [1.54, 1.807) is 0 Å². The van der Waals surface area contributed by atoms with Gasteiger partial charge in [-0.15, -0.1) is 0 Å². The number of hydrogen-bond acceptors (Lipinski definition) is 2. The number of rotatable bonds is 3. The minimum absolute atomic E-state index is 0.214. The summed E-state index contributed by atoms with van der Waals surface area (Å²) in [6.45, 7) is 3.21. The van der Waals surface area contributed by atoms with Crippen LogP contribution in [0.1, 0.15) is 24.8 Å². The predicted molar refractivity (Wildman–Crippen MR) is 97.2 cm³/mol. The van der Waals surface area contributed by atoms with Crippen LogP contribution in [0.4, 0.5) is 10.1 Å². The summed E-state index contributed by atoms with van der Waals surface area (Å²) in [6.07, 6.45) is 2.84. The number of benzene rings is 2. The Morgan fingerprint density at radius 1 is 0.880 bits per heavy atom. The van der Waals surface area contributed by atoms with E-state index in [1.165, 1.54) is 12.1 Å². The Morgan fingerprint density at radius 3 is 2.28 bits per heavy atom. The van der Waals surface area contributed by atoms with Crippen LogP contribution in [0.2, 0.25) is 0 Å². The van der Waals surface area contributed by atoms with Gasteiger partial charge in [0.25, 0.3) is 0 Å². The van der Waals surface area contributed by atoms with Crippen LogP contribution in [0.15, 0.2) is 54.6 Å². The Morgan fingerprint density at radius 2 is 1.60 bits per heavy atom. The molecule has 4 rings (SSSR count). The fourth-order valence-electron chi connectivity index (χ4n) is 3.84. The van der Waals surface area contributed by atoms with Gasteiger partial charge < -0.3 is 9.80 Å². The molecule has 25 heavy (non-hydrogen) atoms. The lowest BCUT2D eigenvalue weighted by Gasteiger charge is -2.27. The molecule has 2 aliphatic rings. The molecule has 1 saturated heterocycles. The average Bonchev–Trinajstić information content (AvgIpc) is 3.47. The number of amides is 1. The second kappa shape index (κ2) is 6.51. The third-order valence-corrected chi connectivity index (χ3v) is 5.46. The Balaban J connectivity index is 1.46. The first-order valence-electron chi connectivity index (χ1n) is 9.04. The molecule has 1 amide bonds. The first-order valence-corrected chi connectivity index (χ1v) is 9.04. The molecule has 2 fully saturated rings. The zero-order valence-corrected chi connectivity index (χ0v) is 14.3. The van der Waals surface area contributed by atoms with Gasteiger partial charge in [0, 0.05) is 31.9 Å². The standard InChI is InChI=1S/C21H23FN2O/c22-18-7-9-19(10-8-18)23-13-4-14-24(16-15-23)20(25)21(11-12-21)17-5-2-1-3-6-17/h1-3,5-10H,4,11-16H2. The SMILES string of the molecule is O=C(N1CCCN(c2ccc(F)cc2)CC1)C1(c2ccccc2)CC1. The second-order valence-corrected chi connectivity index (χ2v) is 7.06. The summed E-state index contributed by atoms with van der Waals surface area (Å²) in [7, 11) is 0. The van der Waals surface area contributed by atoms with Crippen LogP contribution in [0, 0.1) is 5.82 Å². The fraction of sp³-hybridized carbons (Fsp3) is 0.381. The van der Waals surface area contributed by atoms with Crippen LogP contribution >= 0.6 is 0 Å². The van der Waals surface area contributed by atoms with Gasteiger partial charge in [0.2, 0.25) is 5.91 Å². The molecule has 1 saturated carbocycles. The molecule has 3 nitrogen and oxygen atoms in total. The van der Waals surface area contributed by atoms with E-state index in [0.717, 1.165) is 56.7 Å². The minimum atomic E-state index is -0.285. The molecular formula is C21H23FN2O. The maximum atomic E-state index is 13.2. The molecule has 4 heteroatoms. The number of nitrogens with zero attached hydrogens (tertiary/aromatic N) is 2. The molecule has 130 valence electrons. The van der Waals surface area contributed by atoms with Crippen molar-refractivity contribution in [3.05, 3.63) is 66.0 Å². The highest BCUT2D eigenvalue weighted by Gasteiger charge is 2.52. The molecule has 0 N–H and O–H groups in total. The van der Waals surface area contributed by atoms with E-state index in [2.05, 4.69) is 17.0 Å². The van der Waals surface area contributed by atoms with Gasteiger partial charge in [0.1, 0.15) is 5.82 Å². The summed E-state index contributed by atoms with van der Waals surface area (Å²) in [5.41, 5.74) is 1.89. The molecule has 2 aromatic rings. The predicted octanol–water partition coefficient (Wildman–Crippen LogP) is 3.60. The van der Waals surface area contributed by atoms with Gasteiger partial charge in [0.05, 0.1) is 5.41 Å². The van der Waals surface area contributed by atoms with Crippen LogP contribution in [0.3, 0.4) is 0 Å². The Labute approximate surface area is 148 Å². The summed E-state index contributed by atoms with van der Waals surface area (Å²) < 4.78 is 13.1. The van der Waals surface area contributed by atoms with Crippen molar-refractivity contribution in [2.75, 3.05) is 31.1 Å². The van der Waals surface area contributed by atoms with Crippen molar-refractivity contribution < 1.29 is 9.18 Å². The van der Waals surface area contributed by atoms with Crippen LogP contribution in [-0.4, -0.2) is 37.0 Å². The maximum absolute atomic E-state index is 13.2. The van der Waals surface area contributed by atoms with Gasteiger partial charge in [-0.1, -0.05) is 30.3 Å². The highest BCUT2D eigenvalue weighted by molar-refractivity contribution is 5.91. The van der Waals surface area contributed by atoms with Crippen molar-refractivity contribution in [2.45, 2.75) is 24.7 Å². The van der Waals surface area contributed by atoms with Crippen molar-refractivity contribution in [3.63, 3.8) is 0 Å². The van der Waals surface area contributed by atoms with E-state index in [9.17, 15) is 9.18 Å². The quantitative estimate of drug-likeness (QED) is 0.854. The molecule has 0 aromatic heterocycles. The molecular weight excluding hydrogens is 315 g/mol. The van der Waals surface area contributed by atoms with E-state index in [4.69, 9.17) is 0 Å². The van der Waals surface area contributed by atoms with Gasteiger partial charge in [-0.05, 0) is 49.1 Å². The van der Waals surface area contributed by atoms with Gasteiger partial charge in [-0.2, -0.15) is 0 Å². The molecule has 0 atom stereocenters. The van der Waals surface area contributed by atoms with E-state index in [-0.39, 0.29) is 17.1 Å². The number of halogens is 1. The summed E-state index contributed by atoms with van der Waals surface area (Å²) in [5.74, 6) is 0.0635. The molecule has 1 heterocycles. The van der Waals surface area contributed by atoms with Crippen molar-refractivity contribution in [3.8, 4) is 0 Å². The van der Waals surface area contributed by atoms with Crippen molar-refractivity contribution in [1.29, 1.82) is 0 Å². The van der Waals surface area contributed by atoms with Gasteiger partial charge in [0.15, 0.2) is 0 Å². The normalized spacial score (nSPS) is 19.4. The number of anilines is 1. The van der Waals surface area contributed by atoms with Crippen molar-refractivity contribution in [2.24, 2.45) is 0 Å². The minimum Gasteiger partial charge on any atom is -0.370 e. The summed E-state index contributed by atoms with van der Waals surface area (Å²) in [4.78, 5) is 17.5. The summed E-state index contributed by atoms with van der Waals surface area (Å²) in [5, 5.41) is 0. The lowest BCUT2D eigenvalue weighted by atomic mass is 9.94. The average molecular weight is 338 g/mol. The Hall–Kier alpha value is -2.36. The van der Waals surface area contributed by atoms with Crippen molar-refractivity contribution >= 4 is 11.6 Å². The lowest BCUT2D eigenvalue weighted by molar-refractivity contribution is -0.133. The molecule has 1 aliphatic carbocycles. The number of carbonyl (C=O) groups is 1. The Bertz CT molecular complexity index is 740. The third kappa shape index (κ3) is 3.13. The molecule has 0 spiro atoms. The first kappa shape index (κ1) is 16.1. The maximum Gasteiger partial charge on any atom is 0.233 e. The second-order valence-electron chi connectivity index (χ2n) is 7.06. The molecule has 1 aliphatic heterocycles. The first-order chi connectivity index (χ1) is 12.2.